The molecule has 3 nitrogen and oxygen atoms in total. The molecule has 1 fully saturated rings. The van der Waals surface area contributed by atoms with E-state index in [-0.39, 0.29) is 18.3 Å². The lowest BCUT2D eigenvalue weighted by Gasteiger charge is -2.31. The minimum Gasteiger partial charge on any atom is -0.394 e. The Labute approximate surface area is 111 Å². The van der Waals surface area contributed by atoms with E-state index < -0.39 is 17.2 Å². The number of ether oxygens (including phenoxy) is 1. The molecule has 1 saturated heterocycles. The quantitative estimate of drug-likeness (QED) is 0.860. The number of benzene rings is 1. The van der Waals surface area contributed by atoms with E-state index in [1.807, 2.05) is 0 Å². The topological polar surface area (TPSA) is 41.5 Å². The summed E-state index contributed by atoms with van der Waals surface area (Å²) in [6.45, 7) is 2.57. The SMILES string of the molecule is CC(CO)(NCC1CCCO1)c1cccc(F)c1F. The van der Waals surface area contributed by atoms with Crippen molar-refractivity contribution < 1.29 is 18.6 Å². The first-order valence-electron chi connectivity index (χ1n) is 6.49. The highest BCUT2D eigenvalue weighted by Gasteiger charge is 2.31. The summed E-state index contributed by atoms with van der Waals surface area (Å²) in [6, 6.07) is 3.99. The molecule has 2 rings (SSSR count). The first kappa shape index (κ1) is 14.4. The molecule has 0 aliphatic carbocycles. The van der Waals surface area contributed by atoms with Crippen molar-refractivity contribution in [1.82, 2.24) is 5.32 Å². The van der Waals surface area contributed by atoms with Gasteiger partial charge in [-0.25, -0.2) is 8.78 Å². The Hall–Kier alpha value is -1.04. The van der Waals surface area contributed by atoms with E-state index in [1.54, 1.807) is 6.92 Å². The number of nitrogens with one attached hydrogen (secondary N) is 1. The monoisotopic (exact) mass is 271 g/mol. The number of hydrogen-bond donors (Lipinski definition) is 2. The largest absolute Gasteiger partial charge is 0.394 e. The van der Waals surface area contributed by atoms with Crippen molar-refractivity contribution in [1.29, 1.82) is 0 Å². The highest BCUT2D eigenvalue weighted by atomic mass is 19.2. The van der Waals surface area contributed by atoms with Gasteiger partial charge in [0.05, 0.1) is 18.2 Å². The third-order valence-electron chi connectivity index (χ3n) is 3.61. The summed E-state index contributed by atoms with van der Waals surface area (Å²) in [6.07, 6.45) is 2.03. The van der Waals surface area contributed by atoms with Gasteiger partial charge in [0.2, 0.25) is 0 Å². The smallest absolute Gasteiger partial charge is 0.163 e. The van der Waals surface area contributed by atoms with Crippen molar-refractivity contribution in [3.8, 4) is 0 Å². The molecule has 1 aromatic carbocycles. The van der Waals surface area contributed by atoms with Gasteiger partial charge in [-0.05, 0) is 25.8 Å². The van der Waals surface area contributed by atoms with E-state index in [4.69, 9.17) is 4.74 Å². The van der Waals surface area contributed by atoms with Crippen LogP contribution in [0.1, 0.15) is 25.3 Å². The van der Waals surface area contributed by atoms with Crippen molar-refractivity contribution in [3.05, 3.63) is 35.4 Å². The second-order valence-electron chi connectivity index (χ2n) is 5.11. The minimum atomic E-state index is -1.02. The highest BCUT2D eigenvalue weighted by Crippen LogP contribution is 2.25. The van der Waals surface area contributed by atoms with Crippen LogP contribution in [0, 0.1) is 11.6 Å². The molecule has 2 N–H and O–H groups in total. The van der Waals surface area contributed by atoms with Gasteiger partial charge in [-0.1, -0.05) is 12.1 Å². The van der Waals surface area contributed by atoms with Crippen LogP contribution in [-0.2, 0) is 10.3 Å². The molecule has 2 atom stereocenters. The van der Waals surface area contributed by atoms with Crippen LogP contribution in [0.5, 0.6) is 0 Å². The first-order valence-corrected chi connectivity index (χ1v) is 6.49. The second-order valence-corrected chi connectivity index (χ2v) is 5.11. The summed E-state index contributed by atoms with van der Waals surface area (Å²) in [7, 11) is 0. The van der Waals surface area contributed by atoms with Gasteiger partial charge in [0.15, 0.2) is 11.6 Å². The second kappa shape index (κ2) is 5.94. The van der Waals surface area contributed by atoms with Gasteiger partial charge in [0.25, 0.3) is 0 Å². The number of aliphatic hydroxyl groups excluding tert-OH is 1. The molecule has 0 radical (unpaired) electrons. The molecule has 1 heterocycles. The molecule has 2 unspecified atom stereocenters. The Bertz CT molecular complexity index is 435. The van der Waals surface area contributed by atoms with E-state index >= 15 is 0 Å². The van der Waals surface area contributed by atoms with Crippen molar-refractivity contribution >= 4 is 0 Å². The van der Waals surface area contributed by atoms with Crippen LogP contribution in [0.2, 0.25) is 0 Å². The van der Waals surface area contributed by atoms with Crippen LogP contribution < -0.4 is 5.32 Å². The number of rotatable bonds is 5. The molecule has 0 bridgehead atoms. The summed E-state index contributed by atoms with van der Waals surface area (Å²) in [5.74, 6) is -1.82. The maximum absolute atomic E-state index is 13.8. The third kappa shape index (κ3) is 3.11. The van der Waals surface area contributed by atoms with E-state index in [0.29, 0.717) is 6.54 Å². The molecular weight excluding hydrogens is 252 g/mol. The molecular formula is C14H19F2NO2. The van der Waals surface area contributed by atoms with Crippen molar-refractivity contribution in [2.45, 2.75) is 31.4 Å². The maximum Gasteiger partial charge on any atom is 0.163 e. The molecule has 0 spiro atoms. The predicted octanol–water partition coefficient (Wildman–Crippen LogP) is 1.94. The Morgan fingerprint density at radius 2 is 2.26 bits per heavy atom. The van der Waals surface area contributed by atoms with Crippen molar-refractivity contribution in [2.75, 3.05) is 19.8 Å². The standard InChI is InChI=1S/C14H19F2NO2/c1-14(9-18,17-8-10-4-3-7-19-10)11-5-2-6-12(15)13(11)16/h2,5-6,10,17-18H,3-4,7-9H2,1H3. The number of halogens is 2. The molecule has 0 amide bonds. The average Bonchev–Trinajstić information content (AvgIpc) is 2.92. The van der Waals surface area contributed by atoms with Gasteiger partial charge in [0.1, 0.15) is 0 Å². The van der Waals surface area contributed by atoms with Gasteiger partial charge < -0.3 is 15.2 Å². The summed E-state index contributed by atoms with van der Waals surface area (Å²) in [4.78, 5) is 0. The third-order valence-corrected chi connectivity index (χ3v) is 3.61. The molecule has 1 aliphatic rings. The molecule has 19 heavy (non-hydrogen) atoms. The van der Waals surface area contributed by atoms with Crippen LogP contribution >= 0.6 is 0 Å². The van der Waals surface area contributed by atoms with Gasteiger partial charge in [-0.2, -0.15) is 0 Å². The molecule has 5 heteroatoms. The van der Waals surface area contributed by atoms with Crippen molar-refractivity contribution in [2.24, 2.45) is 0 Å². The Morgan fingerprint density at radius 1 is 1.47 bits per heavy atom. The average molecular weight is 271 g/mol. The zero-order chi connectivity index (χ0) is 13.9. The van der Waals surface area contributed by atoms with E-state index in [0.717, 1.165) is 25.5 Å². The fourth-order valence-electron chi connectivity index (χ4n) is 2.31. The molecule has 0 saturated carbocycles. The lowest BCUT2D eigenvalue weighted by molar-refractivity contribution is 0.0901. The van der Waals surface area contributed by atoms with E-state index in [9.17, 15) is 13.9 Å². The Balaban J connectivity index is 2.13. The van der Waals surface area contributed by atoms with Crippen LogP contribution in [-0.4, -0.2) is 31.0 Å². The zero-order valence-electron chi connectivity index (χ0n) is 11.0. The minimum absolute atomic E-state index is 0.0718. The zero-order valence-corrected chi connectivity index (χ0v) is 11.0. The van der Waals surface area contributed by atoms with Crippen molar-refractivity contribution in [3.63, 3.8) is 0 Å². The number of hydrogen-bond acceptors (Lipinski definition) is 3. The fraction of sp³-hybridized carbons (Fsp3) is 0.571. The van der Waals surface area contributed by atoms with Gasteiger partial charge in [-0.15, -0.1) is 0 Å². The van der Waals surface area contributed by atoms with Gasteiger partial charge in [0, 0.05) is 18.7 Å². The van der Waals surface area contributed by atoms with Crippen LogP contribution in [0.4, 0.5) is 8.78 Å². The summed E-state index contributed by atoms with van der Waals surface area (Å²) in [5.41, 5.74) is -0.883. The number of aliphatic hydroxyl groups is 1. The lowest BCUT2D eigenvalue weighted by atomic mass is 9.92. The molecule has 1 aromatic rings. The molecule has 1 aliphatic heterocycles. The van der Waals surface area contributed by atoms with Gasteiger partial charge in [-0.3, -0.25) is 0 Å². The van der Waals surface area contributed by atoms with Crippen LogP contribution in [0.25, 0.3) is 0 Å². The Kier molecular flexibility index (Phi) is 4.50. The summed E-state index contributed by atoms with van der Waals surface area (Å²) < 4.78 is 32.6. The summed E-state index contributed by atoms with van der Waals surface area (Å²) in [5, 5.41) is 12.6. The van der Waals surface area contributed by atoms with Crippen LogP contribution in [0.3, 0.4) is 0 Å². The highest BCUT2D eigenvalue weighted by molar-refractivity contribution is 5.26. The maximum atomic E-state index is 13.8. The lowest BCUT2D eigenvalue weighted by Crippen LogP contribution is -2.46. The summed E-state index contributed by atoms with van der Waals surface area (Å²) >= 11 is 0. The predicted molar refractivity (Wildman–Crippen MR) is 67.8 cm³/mol. The fourth-order valence-corrected chi connectivity index (χ4v) is 2.31. The normalized spacial score (nSPS) is 22.4. The Morgan fingerprint density at radius 3 is 2.89 bits per heavy atom. The molecule has 106 valence electrons. The van der Waals surface area contributed by atoms with E-state index in [1.165, 1.54) is 12.1 Å². The molecule has 0 aromatic heterocycles. The van der Waals surface area contributed by atoms with Gasteiger partial charge >= 0.3 is 0 Å². The van der Waals surface area contributed by atoms with Crippen LogP contribution in [0.15, 0.2) is 18.2 Å². The first-order chi connectivity index (χ1) is 9.07. The van der Waals surface area contributed by atoms with E-state index in [2.05, 4.69) is 5.32 Å².